The lowest BCUT2D eigenvalue weighted by Crippen LogP contribution is -2.11. The van der Waals surface area contributed by atoms with E-state index < -0.39 is 18.6 Å². The van der Waals surface area contributed by atoms with E-state index >= 15 is 0 Å². The van der Waals surface area contributed by atoms with Gasteiger partial charge in [-0.2, -0.15) is 13.2 Å². The second kappa shape index (κ2) is 4.89. The van der Waals surface area contributed by atoms with Gasteiger partial charge in [-0.05, 0) is 13.3 Å². The largest absolute Gasteiger partial charge is 0.462 e. The Balaban J connectivity index is 3.47. The van der Waals surface area contributed by atoms with Crippen molar-refractivity contribution in [3.63, 3.8) is 0 Å². The zero-order chi connectivity index (χ0) is 10.5. The molecule has 0 radical (unpaired) electrons. The molecule has 0 fully saturated rings. The summed E-state index contributed by atoms with van der Waals surface area (Å²) in [6, 6.07) is 0. The normalized spacial score (nSPS) is 11.1. The van der Waals surface area contributed by atoms with Gasteiger partial charge in [0.1, 0.15) is 0 Å². The Hall–Kier alpha value is -1.00. The number of hydrogen-bond donors (Lipinski definition) is 0. The van der Waals surface area contributed by atoms with Gasteiger partial charge in [-0.25, -0.2) is 4.79 Å². The molecule has 0 aromatic rings. The number of carbonyl (C=O) groups excluding carboxylic acids is 1. The Bertz CT molecular complexity index is 196. The molecule has 0 spiro atoms. The molecule has 0 amide bonds. The smallest absolute Gasteiger partial charge is 0.389 e. The van der Waals surface area contributed by atoms with Crippen LogP contribution in [0.1, 0.15) is 19.8 Å². The minimum absolute atomic E-state index is 0.187. The van der Waals surface area contributed by atoms with E-state index in [1.54, 1.807) is 0 Å². The van der Waals surface area contributed by atoms with Crippen LogP contribution < -0.4 is 0 Å². The first-order chi connectivity index (χ1) is 5.83. The quantitative estimate of drug-likeness (QED) is 0.392. The fraction of sp³-hybridized carbons (Fsp3) is 0.625. The van der Waals surface area contributed by atoms with Gasteiger partial charge in [0.15, 0.2) is 0 Å². The van der Waals surface area contributed by atoms with Crippen LogP contribution in [0.4, 0.5) is 13.2 Å². The van der Waals surface area contributed by atoms with Gasteiger partial charge < -0.3 is 4.74 Å². The van der Waals surface area contributed by atoms with E-state index in [1.165, 1.54) is 6.92 Å². The zero-order valence-electron chi connectivity index (χ0n) is 7.28. The van der Waals surface area contributed by atoms with Crippen molar-refractivity contribution in [1.82, 2.24) is 0 Å². The van der Waals surface area contributed by atoms with E-state index in [2.05, 4.69) is 11.3 Å². The predicted octanol–water partition coefficient (Wildman–Crippen LogP) is 2.45. The van der Waals surface area contributed by atoms with Crippen molar-refractivity contribution >= 4 is 5.97 Å². The van der Waals surface area contributed by atoms with Crippen LogP contribution in [0.2, 0.25) is 0 Å². The van der Waals surface area contributed by atoms with Crippen LogP contribution in [-0.2, 0) is 9.53 Å². The Morgan fingerprint density at radius 1 is 1.46 bits per heavy atom. The summed E-state index contributed by atoms with van der Waals surface area (Å²) in [6.07, 6.45) is -5.32. The molecule has 0 aliphatic heterocycles. The maximum Gasteiger partial charge on any atom is 0.389 e. The summed E-state index contributed by atoms with van der Waals surface area (Å²) in [7, 11) is 0. The van der Waals surface area contributed by atoms with E-state index in [1.807, 2.05) is 0 Å². The molecule has 0 atom stereocenters. The molecule has 13 heavy (non-hydrogen) atoms. The first-order valence-electron chi connectivity index (χ1n) is 3.72. The van der Waals surface area contributed by atoms with Gasteiger partial charge in [0.25, 0.3) is 0 Å². The molecular weight excluding hydrogens is 185 g/mol. The van der Waals surface area contributed by atoms with E-state index in [0.717, 1.165) is 0 Å². The van der Waals surface area contributed by atoms with Crippen LogP contribution in [0.3, 0.4) is 0 Å². The van der Waals surface area contributed by atoms with Crippen LogP contribution >= 0.6 is 0 Å². The summed E-state index contributed by atoms with van der Waals surface area (Å²) in [5.41, 5.74) is 0.187. The maximum absolute atomic E-state index is 11.6. The summed E-state index contributed by atoms with van der Waals surface area (Å²) < 4.78 is 39.2. The number of esters is 1. The van der Waals surface area contributed by atoms with Gasteiger partial charge in [-0.15, -0.1) is 0 Å². The van der Waals surface area contributed by atoms with Gasteiger partial charge in [0.05, 0.1) is 6.61 Å². The highest BCUT2D eigenvalue weighted by Crippen LogP contribution is 2.21. The predicted molar refractivity (Wildman–Crippen MR) is 41.1 cm³/mol. The third-order valence-corrected chi connectivity index (χ3v) is 1.19. The van der Waals surface area contributed by atoms with Gasteiger partial charge >= 0.3 is 12.1 Å². The summed E-state index contributed by atoms with van der Waals surface area (Å²) >= 11 is 0. The fourth-order valence-electron chi connectivity index (χ4n) is 0.561. The highest BCUT2D eigenvalue weighted by Gasteiger charge is 2.26. The molecule has 0 saturated carbocycles. The number of rotatable bonds is 4. The van der Waals surface area contributed by atoms with Gasteiger partial charge in [0.2, 0.25) is 0 Å². The summed E-state index contributed by atoms with van der Waals surface area (Å²) in [5.74, 6) is -0.651. The number of ether oxygens (including phenoxy) is 1. The molecule has 0 rings (SSSR count). The van der Waals surface area contributed by atoms with Gasteiger partial charge in [0, 0.05) is 12.0 Å². The molecule has 0 aliphatic rings. The molecule has 0 saturated heterocycles. The standard InChI is InChI=1S/C8H11F3O2/c1-6(2)7(12)13-5-3-4-8(9,10)11/h1,3-5H2,2H3. The minimum atomic E-state index is -4.18. The Kier molecular flexibility index (Phi) is 4.51. The van der Waals surface area contributed by atoms with Gasteiger partial charge in [-0.1, -0.05) is 6.58 Å². The third kappa shape index (κ3) is 7.36. The molecular formula is C8H11F3O2. The van der Waals surface area contributed by atoms with E-state index in [9.17, 15) is 18.0 Å². The molecule has 0 aromatic heterocycles. The molecule has 0 aliphatic carbocycles. The second-order valence-corrected chi connectivity index (χ2v) is 2.63. The van der Waals surface area contributed by atoms with Crippen molar-refractivity contribution in [2.75, 3.05) is 6.61 Å². The van der Waals surface area contributed by atoms with Crippen molar-refractivity contribution in [3.8, 4) is 0 Å². The number of halogens is 3. The van der Waals surface area contributed by atoms with Crippen molar-refractivity contribution in [2.45, 2.75) is 25.9 Å². The fourth-order valence-corrected chi connectivity index (χ4v) is 0.561. The molecule has 76 valence electrons. The third-order valence-electron chi connectivity index (χ3n) is 1.19. The molecule has 0 aromatic carbocycles. The van der Waals surface area contributed by atoms with Crippen molar-refractivity contribution in [3.05, 3.63) is 12.2 Å². The lowest BCUT2D eigenvalue weighted by Gasteiger charge is -2.06. The molecule has 0 unspecified atom stereocenters. The van der Waals surface area contributed by atoms with Crippen molar-refractivity contribution in [2.24, 2.45) is 0 Å². The Labute approximate surface area is 74.4 Å². The highest BCUT2D eigenvalue weighted by molar-refractivity contribution is 5.86. The molecule has 0 bridgehead atoms. The van der Waals surface area contributed by atoms with Crippen LogP contribution in [0.15, 0.2) is 12.2 Å². The Morgan fingerprint density at radius 3 is 2.38 bits per heavy atom. The number of alkyl halides is 3. The lowest BCUT2D eigenvalue weighted by molar-refractivity contribution is -0.147. The average Bonchev–Trinajstić information content (AvgIpc) is 1.95. The summed E-state index contributed by atoms with van der Waals surface area (Å²) in [6.45, 7) is 4.51. The maximum atomic E-state index is 11.6. The van der Waals surface area contributed by atoms with E-state index in [0.29, 0.717) is 0 Å². The van der Waals surface area contributed by atoms with Crippen LogP contribution in [0.5, 0.6) is 0 Å². The second-order valence-electron chi connectivity index (χ2n) is 2.63. The van der Waals surface area contributed by atoms with E-state index in [4.69, 9.17) is 0 Å². The lowest BCUT2D eigenvalue weighted by atomic mass is 10.3. The van der Waals surface area contributed by atoms with E-state index in [-0.39, 0.29) is 18.6 Å². The molecule has 2 nitrogen and oxygen atoms in total. The summed E-state index contributed by atoms with van der Waals surface area (Å²) in [5, 5.41) is 0. The zero-order valence-corrected chi connectivity index (χ0v) is 7.28. The molecule has 5 heteroatoms. The van der Waals surface area contributed by atoms with Crippen molar-refractivity contribution in [1.29, 1.82) is 0 Å². The SMILES string of the molecule is C=C(C)C(=O)OCCCC(F)(F)F. The number of hydrogen-bond acceptors (Lipinski definition) is 2. The summed E-state index contributed by atoms with van der Waals surface area (Å²) in [4.78, 5) is 10.7. The highest BCUT2D eigenvalue weighted by atomic mass is 19.4. The average molecular weight is 196 g/mol. The first-order valence-corrected chi connectivity index (χ1v) is 3.72. The molecule has 0 heterocycles. The molecule has 0 N–H and O–H groups in total. The number of carbonyl (C=O) groups is 1. The monoisotopic (exact) mass is 196 g/mol. The van der Waals surface area contributed by atoms with Crippen LogP contribution in [-0.4, -0.2) is 18.8 Å². The van der Waals surface area contributed by atoms with Crippen LogP contribution in [0.25, 0.3) is 0 Å². The topological polar surface area (TPSA) is 26.3 Å². The van der Waals surface area contributed by atoms with Crippen LogP contribution in [0, 0.1) is 0 Å². The van der Waals surface area contributed by atoms with Gasteiger partial charge in [-0.3, -0.25) is 0 Å². The Morgan fingerprint density at radius 2 is 2.00 bits per heavy atom. The minimum Gasteiger partial charge on any atom is -0.462 e. The van der Waals surface area contributed by atoms with Crippen molar-refractivity contribution < 1.29 is 22.7 Å². The first kappa shape index (κ1) is 12.0.